The number of nitrogens with one attached hydrogen (secondary N) is 2. The third-order valence-corrected chi connectivity index (χ3v) is 1.74. The van der Waals surface area contributed by atoms with Crippen LogP contribution in [0.4, 0.5) is 4.79 Å². The van der Waals surface area contributed by atoms with Gasteiger partial charge in [0.15, 0.2) is 0 Å². The molecular weight excluding hydrogens is 208 g/mol. The topological polar surface area (TPSA) is 67.4 Å². The standard InChI is InChI=1S/C11H14N2O3/c1-9(14)7-12-13-11(15)16-8-10-5-3-2-4-6-10/h2-6,12H,7-8H2,1H3,(H,13,15). The summed E-state index contributed by atoms with van der Waals surface area (Å²) >= 11 is 0. The maximum absolute atomic E-state index is 11.1. The van der Waals surface area contributed by atoms with Gasteiger partial charge in [-0.15, -0.1) is 0 Å². The molecule has 5 nitrogen and oxygen atoms in total. The lowest BCUT2D eigenvalue weighted by Crippen LogP contribution is -2.40. The maximum atomic E-state index is 11.1. The number of amides is 1. The van der Waals surface area contributed by atoms with Crippen LogP contribution in [-0.4, -0.2) is 18.4 Å². The maximum Gasteiger partial charge on any atom is 0.421 e. The van der Waals surface area contributed by atoms with E-state index in [0.29, 0.717) is 0 Å². The first kappa shape index (κ1) is 12.2. The van der Waals surface area contributed by atoms with Gasteiger partial charge in [-0.1, -0.05) is 30.3 Å². The van der Waals surface area contributed by atoms with Crippen molar-refractivity contribution in [1.29, 1.82) is 0 Å². The highest BCUT2D eigenvalue weighted by atomic mass is 16.6. The fourth-order valence-electron chi connectivity index (χ4n) is 1.00. The monoisotopic (exact) mass is 222 g/mol. The molecule has 0 saturated carbocycles. The number of hydrazine groups is 1. The summed E-state index contributed by atoms with van der Waals surface area (Å²) in [5, 5.41) is 0. The normalized spacial score (nSPS) is 9.56. The lowest BCUT2D eigenvalue weighted by molar-refractivity contribution is -0.116. The molecule has 1 aromatic rings. The van der Waals surface area contributed by atoms with Crippen LogP contribution in [0.1, 0.15) is 12.5 Å². The fraction of sp³-hybridized carbons (Fsp3) is 0.273. The number of ether oxygens (including phenoxy) is 1. The van der Waals surface area contributed by atoms with Gasteiger partial charge >= 0.3 is 6.09 Å². The Labute approximate surface area is 93.8 Å². The van der Waals surface area contributed by atoms with E-state index in [1.165, 1.54) is 6.92 Å². The quantitative estimate of drug-likeness (QED) is 0.729. The van der Waals surface area contributed by atoms with Gasteiger partial charge in [0.2, 0.25) is 0 Å². The molecular formula is C11H14N2O3. The summed E-state index contributed by atoms with van der Waals surface area (Å²) in [5.41, 5.74) is 5.61. The highest BCUT2D eigenvalue weighted by Crippen LogP contribution is 1.99. The van der Waals surface area contributed by atoms with E-state index < -0.39 is 6.09 Å². The van der Waals surface area contributed by atoms with E-state index in [1.807, 2.05) is 30.3 Å². The van der Waals surface area contributed by atoms with E-state index >= 15 is 0 Å². The zero-order chi connectivity index (χ0) is 11.8. The van der Waals surface area contributed by atoms with Gasteiger partial charge in [0.05, 0.1) is 6.54 Å². The lowest BCUT2D eigenvalue weighted by Gasteiger charge is -2.06. The molecule has 0 atom stereocenters. The van der Waals surface area contributed by atoms with Crippen molar-refractivity contribution in [3.63, 3.8) is 0 Å². The molecule has 86 valence electrons. The van der Waals surface area contributed by atoms with E-state index in [9.17, 15) is 9.59 Å². The largest absolute Gasteiger partial charge is 0.444 e. The van der Waals surface area contributed by atoms with Crippen LogP contribution in [0, 0.1) is 0 Å². The van der Waals surface area contributed by atoms with E-state index in [-0.39, 0.29) is 18.9 Å². The Morgan fingerprint density at radius 3 is 2.56 bits per heavy atom. The van der Waals surface area contributed by atoms with Crippen molar-refractivity contribution < 1.29 is 14.3 Å². The molecule has 0 aliphatic rings. The Hall–Kier alpha value is -1.88. The molecule has 1 rings (SSSR count). The van der Waals surface area contributed by atoms with Gasteiger partial charge in [-0.25, -0.2) is 10.2 Å². The van der Waals surface area contributed by atoms with Crippen LogP contribution in [-0.2, 0) is 16.1 Å². The third-order valence-electron chi connectivity index (χ3n) is 1.74. The van der Waals surface area contributed by atoms with Crippen LogP contribution in [0.2, 0.25) is 0 Å². The molecule has 1 aromatic carbocycles. The molecule has 16 heavy (non-hydrogen) atoms. The van der Waals surface area contributed by atoms with E-state index in [4.69, 9.17) is 4.74 Å². The van der Waals surface area contributed by atoms with Gasteiger partial charge in [0.25, 0.3) is 0 Å². The Kier molecular flexibility index (Phi) is 5.01. The highest BCUT2D eigenvalue weighted by Gasteiger charge is 2.01. The Balaban J connectivity index is 2.18. The summed E-state index contributed by atoms with van der Waals surface area (Å²) in [7, 11) is 0. The number of Topliss-reactive ketones (excluding diaryl/α,β-unsaturated/α-hetero) is 1. The van der Waals surface area contributed by atoms with Crippen LogP contribution < -0.4 is 10.9 Å². The Morgan fingerprint density at radius 1 is 1.25 bits per heavy atom. The molecule has 0 bridgehead atoms. The van der Waals surface area contributed by atoms with E-state index in [1.54, 1.807) is 0 Å². The summed E-state index contributed by atoms with van der Waals surface area (Å²) in [6, 6.07) is 9.33. The molecule has 0 aromatic heterocycles. The van der Waals surface area contributed by atoms with E-state index in [0.717, 1.165) is 5.56 Å². The van der Waals surface area contributed by atoms with Crippen LogP contribution in [0.3, 0.4) is 0 Å². The van der Waals surface area contributed by atoms with E-state index in [2.05, 4.69) is 10.9 Å². The third kappa shape index (κ3) is 5.11. The van der Waals surface area contributed by atoms with Gasteiger partial charge in [0.1, 0.15) is 12.4 Å². The van der Waals surface area contributed by atoms with Crippen molar-refractivity contribution in [2.45, 2.75) is 13.5 Å². The molecule has 0 aliphatic heterocycles. The zero-order valence-electron chi connectivity index (χ0n) is 9.03. The average molecular weight is 222 g/mol. The highest BCUT2D eigenvalue weighted by molar-refractivity contribution is 5.78. The first-order valence-corrected chi connectivity index (χ1v) is 4.87. The molecule has 0 radical (unpaired) electrons. The molecule has 0 unspecified atom stereocenters. The minimum Gasteiger partial charge on any atom is -0.444 e. The predicted molar refractivity (Wildman–Crippen MR) is 58.4 cm³/mol. The first-order chi connectivity index (χ1) is 7.68. The summed E-state index contributed by atoms with van der Waals surface area (Å²) < 4.78 is 4.89. The summed E-state index contributed by atoms with van der Waals surface area (Å²) in [6.45, 7) is 1.71. The summed E-state index contributed by atoms with van der Waals surface area (Å²) in [6.07, 6.45) is -0.606. The first-order valence-electron chi connectivity index (χ1n) is 4.87. The second-order valence-corrected chi connectivity index (χ2v) is 3.24. The Bertz CT molecular complexity index is 352. The minimum atomic E-state index is -0.606. The van der Waals surface area contributed by atoms with Crippen molar-refractivity contribution in [3.05, 3.63) is 35.9 Å². The van der Waals surface area contributed by atoms with Crippen molar-refractivity contribution in [2.75, 3.05) is 6.54 Å². The lowest BCUT2D eigenvalue weighted by atomic mass is 10.2. The number of rotatable bonds is 5. The van der Waals surface area contributed by atoms with Crippen LogP contribution in [0.15, 0.2) is 30.3 Å². The molecule has 0 saturated heterocycles. The number of carbonyl (C=O) groups is 2. The number of carbonyl (C=O) groups excluding carboxylic acids is 2. The SMILES string of the molecule is CC(=O)CNNC(=O)OCc1ccccc1. The summed E-state index contributed by atoms with van der Waals surface area (Å²) in [4.78, 5) is 21.6. The zero-order valence-corrected chi connectivity index (χ0v) is 9.03. The van der Waals surface area contributed by atoms with Crippen molar-refractivity contribution in [2.24, 2.45) is 0 Å². The molecule has 0 spiro atoms. The van der Waals surface area contributed by atoms with Gasteiger partial charge in [-0.2, -0.15) is 0 Å². The second-order valence-electron chi connectivity index (χ2n) is 3.24. The van der Waals surface area contributed by atoms with Gasteiger partial charge in [0, 0.05) is 0 Å². The van der Waals surface area contributed by atoms with Crippen molar-refractivity contribution in [1.82, 2.24) is 10.9 Å². The molecule has 0 aliphatic carbocycles. The molecule has 0 heterocycles. The number of hydrogen-bond donors (Lipinski definition) is 2. The van der Waals surface area contributed by atoms with Gasteiger partial charge in [-0.05, 0) is 12.5 Å². The second kappa shape index (κ2) is 6.58. The number of hydrogen-bond acceptors (Lipinski definition) is 4. The van der Waals surface area contributed by atoms with Crippen LogP contribution >= 0.6 is 0 Å². The minimum absolute atomic E-state index is 0.0663. The number of benzene rings is 1. The summed E-state index contributed by atoms with van der Waals surface area (Å²) in [5.74, 6) is -0.0663. The predicted octanol–water partition coefficient (Wildman–Crippen LogP) is 1.01. The van der Waals surface area contributed by atoms with Crippen LogP contribution in [0.25, 0.3) is 0 Å². The van der Waals surface area contributed by atoms with Gasteiger partial charge < -0.3 is 4.74 Å². The molecule has 0 fully saturated rings. The fourth-order valence-corrected chi connectivity index (χ4v) is 1.00. The molecule has 1 amide bonds. The Morgan fingerprint density at radius 2 is 1.94 bits per heavy atom. The molecule has 5 heteroatoms. The average Bonchev–Trinajstić information content (AvgIpc) is 2.27. The van der Waals surface area contributed by atoms with Crippen LogP contribution in [0.5, 0.6) is 0 Å². The molecule has 2 N–H and O–H groups in total. The van der Waals surface area contributed by atoms with Crippen molar-refractivity contribution >= 4 is 11.9 Å². The van der Waals surface area contributed by atoms with Gasteiger partial charge in [-0.3, -0.25) is 10.2 Å². The van der Waals surface area contributed by atoms with Crippen molar-refractivity contribution in [3.8, 4) is 0 Å². The smallest absolute Gasteiger partial charge is 0.421 e. The number of ketones is 1.